The van der Waals surface area contributed by atoms with Gasteiger partial charge in [0.05, 0.1) is 0 Å². The molecule has 1 aliphatic carbocycles. The van der Waals surface area contributed by atoms with Crippen LogP contribution in [-0.4, -0.2) is 0 Å². The molecule has 21 heavy (non-hydrogen) atoms. The lowest BCUT2D eigenvalue weighted by Crippen LogP contribution is -2.06. The quantitative estimate of drug-likeness (QED) is 0.455. The van der Waals surface area contributed by atoms with Gasteiger partial charge in [0.2, 0.25) is 0 Å². The summed E-state index contributed by atoms with van der Waals surface area (Å²) in [7, 11) is 0. The third-order valence-electron chi connectivity index (χ3n) is 4.80. The van der Waals surface area contributed by atoms with Gasteiger partial charge in [-0.25, -0.2) is 0 Å². The molecule has 0 spiro atoms. The van der Waals surface area contributed by atoms with Gasteiger partial charge in [0.1, 0.15) is 0 Å². The van der Waals surface area contributed by atoms with Crippen LogP contribution in [0.5, 0.6) is 0 Å². The molecule has 1 fully saturated rings. The lowest BCUT2D eigenvalue weighted by Gasteiger charge is -2.22. The molecule has 0 aromatic carbocycles. The number of hydrogen-bond donors (Lipinski definition) is 0. The van der Waals surface area contributed by atoms with E-state index in [-0.39, 0.29) is 0 Å². The Balaban J connectivity index is 2.85. The maximum Gasteiger partial charge on any atom is -0.0244 e. The van der Waals surface area contributed by atoms with Crippen molar-refractivity contribution in [2.45, 2.75) is 79.6 Å². The summed E-state index contributed by atoms with van der Waals surface area (Å²) in [5.41, 5.74) is 6.79. The molecule has 0 saturated heterocycles. The van der Waals surface area contributed by atoms with Crippen molar-refractivity contribution in [2.24, 2.45) is 5.92 Å². The highest BCUT2D eigenvalue weighted by molar-refractivity contribution is 5.45. The van der Waals surface area contributed by atoms with E-state index in [1.807, 2.05) is 0 Å². The molecule has 0 aromatic rings. The van der Waals surface area contributed by atoms with Gasteiger partial charge in [-0.2, -0.15) is 0 Å². The Kier molecular flexibility index (Phi) is 7.78. The fourth-order valence-electron chi connectivity index (χ4n) is 3.27. The minimum Gasteiger partial charge on any atom is -0.0955 e. The fraction of sp³-hybridized carbons (Fsp3) is 0.619. The van der Waals surface area contributed by atoms with Crippen LogP contribution in [0.3, 0.4) is 0 Å². The van der Waals surface area contributed by atoms with Crippen LogP contribution < -0.4 is 0 Å². The van der Waals surface area contributed by atoms with Gasteiger partial charge in [0, 0.05) is 0 Å². The number of hydrogen-bond acceptors (Lipinski definition) is 0. The predicted octanol–water partition coefficient (Wildman–Crippen LogP) is 7.15. The van der Waals surface area contributed by atoms with Gasteiger partial charge in [-0.1, -0.05) is 67.6 Å². The molecule has 118 valence electrons. The van der Waals surface area contributed by atoms with Crippen LogP contribution in [-0.2, 0) is 0 Å². The summed E-state index contributed by atoms with van der Waals surface area (Å²) in [6, 6.07) is 0. The standard InChI is InChI=1S/C21H34/c1-7-18(6)20(15-21(16(2)3)17(4)5)14-13-19-11-9-8-10-12-19/h7,15,19H,2,8-14H2,1,3-6H3/b18-7+,20-15+. The first kappa shape index (κ1) is 18.0. The van der Waals surface area contributed by atoms with Crippen molar-refractivity contribution in [1.82, 2.24) is 0 Å². The van der Waals surface area contributed by atoms with Gasteiger partial charge in [0.15, 0.2) is 0 Å². The van der Waals surface area contributed by atoms with E-state index in [0.717, 1.165) is 5.92 Å². The first-order chi connectivity index (χ1) is 9.95. The van der Waals surface area contributed by atoms with E-state index in [1.165, 1.54) is 72.8 Å². The lowest BCUT2D eigenvalue weighted by molar-refractivity contribution is 0.339. The molecule has 0 radical (unpaired) electrons. The Labute approximate surface area is 132 Å². The molecule has 1 rings (SSSR count). The van der Waals surface area contributed by atoms with Crippen molar-refractivity contribution >= 4 is 0 Å². The zero-order valence-corrected chi connectivity index (χ0v) is 14.9. The third kappa shape index (κ3) is 6.08. The Morgan fingerprint density at radius 3 is 2.14 bits per heavy atom. The van der Waals surface area contributed by atoms with Gasteiger partial charge >= 0.3 is 0 Å². The molecular formula is C21H34. The minimum atomic E-state index is 0.951. The molecule has 1 aliphatic rings. The zero-order chi connectivity index (χ0) is 15.8. The van der Waals surface area contributed by atoms with Crippen LogP contribution in [0.2, 0.25) is 0 Å². The van der Waals surface area contributed by atoms with E-state index in [2.05, 4.69) is 53.3 Å². The van der Waals surface area contributed by atoms with Gasteiger partial charge in [0.25, 0.3) is 0 Å². The second-order valence-corrected chi connectivity index (χ2v) is 6.88. The number of rotatable bonds is 6. The summed E-state index contributed by atoms with van der Waals surface area (Å²) < 4.78 is 0. The van der Waals surface area contributed by atoms with Gasteiger partial charge in [-0.05, 0) is 64.5 Å². The summed E-state index contributed by atoms with van der Waals surface area (Å²) in [5.74, 6) is 0.951. The van der Waals surface area contributed by atoms with Crippen LogP contribution in [0, 0.1) is 5.92 Å². The molecule has 0 nitrogen and oxygen atoms in total. The molecule has 0 unspecified atom stereocenters. The second-order valence-electron chi connectivity index (χ2n) is 6.88. The highest BCUT2D eigenvalue weighted by atomic mass is 14.2. The summed E-state index contributed by atoms with van der Waals surface area (Å²) in [5, 5.41) is 0. The van der Waals surface area contributed by atoms with E-state index >= 15 is 0 Å². The molecule has 1 saturated carbocycles. The maximum absolute atomic E-state index is 4.14. The van der Waals surface area contributed by atoms with Crippen molar-refractivity contribution in [2.75, 3.05) is 0 Å². The van der Waals surface area contributed by atoms with Gasteiger partial charge < -0.3 is 0 Å². The first-order valence-electron chi connectivity index (χ1n) is 8.63. The van der Waals surface area contributed by atoms with E-state index in [9.17, 15) is 0 Å². The molecule has 0 bridgehead atoms. The number of allylic oxidation sites excluding steroid dienone is 7. The topological polar surface area (TPSA) is 0 Å². The minimum absolute atomic E-state index is 0.951. The SMILES string of the molecule is C=C(C)C(/C=C(CCC1CCCCC1)/C(C)=C/C)=C(C)C. The maximum atomic E-state index is 4.14. The van der Waals surface area contributed by atoms with Gasteiger partial charge in [-0.15, -0.1) is 0 Å². The van der Waals surface area contributed by atoms with Crippen LogP contribution in [0.25, 0.3) is 0 Å². The smallest absolute Gasteiger partial charge is 0.0244 e. The largest absolute Gasteiger partial charge is 0.0955 e. The van der Waals surface area contributed by atoms with Crippen LogP contribution in [0.15, 0.2) is 46.6 Å². The van der Waals surface area contributed by atoms with Crippen molar-refractivity contribution in [3.05, 3.63) is 46.6 Å². The molecule has 0 amide bonds. The van der Waals surface area contributed by atoms with Crippen molar-refractivity contribution in [3.8, 4) is 0 Å². The molecule has 0 heterocycles. The van der Waals surface area contributed by atoms with Crippen LogP contribution in [0.1, 0.15) is 79.6 Å². The van der Waals surface area contributed by atoms with E-state index in [4.69, 9.17) is 0 Å². The summed E-state index contributed by atoms with van der Waals surface area (Å²) in [6.45, 7) is 15.0. The zero-order valence-electron chi connectivity index (χ0n) is 14.9. The molecule has 0 atom stereocenters. The normalized spacial score (nSPS) is 17.8. The fourth-order valence-corrected chi connectivity index (χ4v) is 3.27. The summed E-state index contributed by atoms with van der Waals surface area (Å²) in [6.07, 6.45) is 14.4. The summed E-state index contributed by atoms with van der Waals surface area (Å²) >= 11 is 0. The summed E-state index contributed by atoms with van der Waals surface area (Å²) in [4.78, 5) is 0. The monoisotopic (exact) mass is 286 g/mol. The Morgan fingerprint density at radius 2 is 1.67 bits per heavy atom. The van der Waals surface area contributed by atoms with E-state index in [1.54, 1.807) is 0 Å². The highest BCUT2D eigenvalue weighted by Gasteiger charge is 2.14. The highest BCUT2D eigenvalue weighted by Crippen LogP contribution is 2.31. The Hall–Kier alpha value is -1.04. The molecule has 0 heteroatoms. The Morgan fingerprint density at radius 1 is 1.05 bits per heavy atom. The first-order valence-corrected chi connectivity index (χ1v) is 8.63. The van der Waals surface area contributed by atoms with Crippen molar-refractivity contribution in [3.63, 3.8) is 0 Å². The second kappa shape index (κ2) is 9.07. The van der Waals surface area contributed by atoms with Crippen LogP contribution in [0.4, 0.5) is 0 Å². The average molecular weight is 287 g/mol. The average Bonchev–Trinajstić information content (AvgIpc) is 2.46. The van der Waals surface area contributed by atoms with Crippen molar-refractivity contribution in [1.29, 1.82) is 0 Å². The van der Waals surface area contributed by atoms with E-state index in [0.29, 0.717) is 0 Å². The molecule has 0 N–H and O–H groups in total. The van der Waals surface area contributed by atoms with Crippen LogP contribution >= 0.6 is 0 Å². The predicted molar refractivity (Wildman–Crippen MR) is 96.5 cm³/mol. The lowest BCUT2D eigenvalue weighted by atomic mass is 9.84. The molecule has 0 aromatic heterocycles. The van der Waals surface area contributed by atoms with E-state index < -0.39 is 0 Å². The molecular weight excluding hydrogens is 252 g/mol. The van der Waals surface area contributed by atoms with Crippen molar-refractivity contribution < 1.29 is 0 Å². The molecule has 0 aliphatic heterocycles. The third-order valence-corrected chi connectivity index (χ3v) is 4.80. The van der Waals surface area contributed by atoms with Gasteiger partial charge in [-0.3, -0.25) is 0 Å². The Bertz CT molecular complexity index is 433.